The first-order valence-corrected chi connectivity index (χ1v) is 5.80. The third-order valence-electron chi connectivity index (χ3n) is 2.43. The van der Waals surface area contributed by atoms with E-state index < -0.39 is 0 Å². The maximum atomic E-state index is 6.06. The van der Waals surface area contributed by atoms with Gasteiger partial charge in [0.25, 0.3) is 0 Å². The van der Waals surface area contributed by atoms with Crippen molar-refractivity contribution >= 4 is 34.3 Å². The Balaban J connectivity index is 2.24. The number of hydrogen-bond acceptors (Lipinski definition) is 2. The van der Waals surface area contributed by atoms with Crippen LogP contribution in [0.15, 0.2) is 46.9 Å². The summed E-state index contributed by atoms with van der Waals surface area (Å²) in [4.78, 5) is 4.37. The second-order valence-electron chi connectivity index (χ2n) is 3.62. The van der Waals surface area contributed by atoms with Crippen molar-refractivity contribution in [3.8, 4) is 11.5 Å². The first-order chi connectivity index (χ1) is 8.24. The summed E-state index contributed by atoms with van der Waals surface area (Å²) in [5.41, 5.74) is 2.15. The molecule has 0 amide bonds. The molecule has 0 aliphatic heterocycles. The molecule has 0 aliphatic carbocycles. The predicted molar refractivity (Wildman–Crippen MR) is 69.5 cm³/mol. The quantitative estimate of drug-likeness (QED) is 0.630. The molecule has 0 fully saturated rings. The predicted octanol–water partition coefficient (Wildman–Crippen LogP) is 4.80. The van der Waals surface area contributed by atoms with Crippen LogP contribution >= 0.6 is 23.2 Å². The summed E-state index contributed by atoms with van der Waals surface area (Å²) in [7, 11) is 0. The monoisotopic (exact) mass is 263 g/mol. The highest BCUT2D eigenvalue weighted by Gasteiger charge is 2.11. The lowest BCUT2D eigenvalue weighted by molar-refractivity contribution is 0.620. The van der Waals surface area contributed by atoms with Crippen molar-refractivity contribution in [1.29, 1.82) is 0 Å². The summed E-state index contributed by atoms with van der Waals surface area (Å²) in [6.45, 7) is 0. The SMILES string of the molecule is Clc1cc(Cl)c2nc(-c3ccccc3)oc2c1. The highest BCUT2D eigenvalue weighted by Crippen LogP contribution is 2.31. The summed E-state index contributed by atoms with van der Waals surface area (Å²) >= 11 is 12.0. The molecule has 1 aromatic heterocycles. The van der Waals surface area contributed by atoms with Crippen LogP contribution in [0, 0.1) is 0 Å². The van der Waals surface area contributed by atoms with Gasteiger partial charge in [0, 0.05) is 16.7 Å². The van der Waals surface area contributed by atoms with Crippen LogP contribution in [0.25, 0.3) is 22.6 Å². The van der Waals surface area contributed by atoms with E-state index in [1.54, 1.807) is 12.1 Å². The Morgan fingerprint density at radius 2 is 1.76 bits per heavy atom. The maximum Gasteiger partial charge on any atom is 0.227 e. The van der Waals surface area contributed by atoms with Gasteiger partial charge in [-0.3, -0.25) is 0 Å². The largest absolute Gasteiger partial charge is 0.436 e. The Labute approximate surface area is 108 Å². The zero-order valence-corrected chi connectivity index (χ0v) is 10.2. The van der Waals surface area contributed by atoms with Gasteiger partial charge in [0.2, 0.25) is 5.89 Å². The van der Waals surface area contributed by atoms with E-state index in [9.17, 15) is 0 Å². The van der Waals surface area contributed by atoms with Crippen molar-refractivity contribution in [2.45, 2.75) is 0 Å². The molecule has 3 rings (SSSR count). The standard InChI is InChI=1S/C13H7Cl2NO/c14-9-6-10(15)12-11(7-9)17-13(16-12)8-4-2-1-3-5-8/h1-7H. The summed E-state index contributed by atoms with van der Waals surface area (Å²) in [5, 5.41) is 1.04. The minimum Gasteiger partial charge on any atom is -0.436 e. The van der Waals surface area contributed by atoms with Crippen molar-refractivity contribution in [2.75, 3.05) is 0 Å². The molecular weight excluding hydrogens is 257 g/mol. The molecule has 1 heterocycles. The van der Waals surface area contributed by atoms with E-state index in [1.807, 2.05) is 30.3 Å². The van der Waals surface area contributed by atoms with Crippen molar-refractivity contribution in [1.82, 2.24) is 4.98 Å². The summed E-state index contributed by atoms with van der Waals surface area (Å²) < 4.78 is 5.64. The van der Waals surface area contributed by atoms with Gasteiger partial charge in [-0.05, 0) is 18.2 Å². The molecule has 0 unspecified atom stereocenters. The minimum atomic E-state index is 0.499. The Hall–Kier alpha value is -1.51. The molecule has 84 valence electrons. The van der Waals surface area contributed by atoms with Gasteiger partial charge >= 0.3 is 0 Å². The molecule has 3 aromatic rings. The maximum absolute atomic E-state index is 6.06. The van der Waals surface area contributed by atoms with Gasteiger partial charge in [-0.15, -0.1) is 0 Å². The second kappa shape index (κ2) is 4.06. The van der Waals surface area contributed by atoms with Gasteiger partial charge in [-0.25, -0.2) is 4.98 Å². The van der Waals surface area contributed by atoms with Crippen LogP contribution in [-0.2, 0) is 0 Å². The summed E-state index contributed by atoms with van der Waals surface area (Å²) in [6, 6.07) is 13.0. The van der Waals surface area contributed by atoms with Crippen molar-refractivity contribution < 1.29 is 4.42 Å². The lowest BCUT2D eigenvalue weighted by Gasteiger charge is -1.91. The van der Waals surface area contributed by atoms with E-state index >= 15 is 0 Å². The van der Waals surface area contributed by atoms with E-state index in [4.69, 9.17) is 27.6 Å². The van der Waals surface area contributed by atoms with Crippen LogP contribution in [0.5, 0.6) is 0 Å². The van der Waals surface area contributed by atoms with E-state index in [0.29, 0.717) is 27.0 Å². The van der Waals surface area contributed by atoms with Gasteiger partial charge in [-0.1, -0.05) is 41.4 Å². The van der Waals surface area contributed by atoms with Crippen molar-refractivity contribution in [3.05, 3.63) is 52.5 Å². The van der Waals surface area contributed by atoms with Crippen LogP contribution in [0.3, 0.4) is 0 Å². The highest BCUT2D eigenvalue weighted by molar-refractivity contribution is 6.38. The average molecular weight is 264 g/mol. The van der Waals surface area contributed by atoms with E-state index in [-0.39, 0.29) is 0 Å². The van der Waals surface area contributed by atoms with E-state index in [0.717, 1.165) is 5.56 Å². The number of fused-ring (bicyclic) bond motifs is 1. The molecule has 0 spiro atoms. The van der Waals surface area contributed by atoms with Gasteiger partial charge in [0.1, 0.15) is 5.52 Å². The molecule has 0 aliphatic rings. The Morgan fingerprint density at radius 1 is 1.00 bits per heavy atom. The molecule has 4 heteroatoms. The highest BCUT2D eigenvalue weighted by atomic mass is 35.5. The smallest absolute Gasteiger partial charge is 0.227 e. The van der Waals surface area contributed by atoms with Crippen molar-refractivity contribution in [3.63, 3.8) is 0 Å². The topological polar surface area (TPSA) is 26.0 Å². The summed E-state index contributed by atoms with van der Waals surface area (Å²) in [6.07, 6.45) is 0. The number of oxazole rings is 1. The Kier molecular flexibility index (Phi) is 2.54. The van der Waals surface area contributed by atoms with Crippen LogP contribution in [0.1, 0.15) is 0 Å². The van der Waals surface area contributed by atoms with Gasteiger partial charge in [0.15, 0.2) is 5.58 Å². The second-order valence-corrected chi connectivity index (χ2v) is 4.46. The van der Waals surface area contributed by atoms with Crippen LogP contribution in [0.4, 0.5) is 0 Å². The number of aromatic nitrogens is 1. The number of hydrogen-bond donors (Lipinski definition) is 0. The lowest BCUT2D eigenvalue weighted by Crippen LogP contribution is -1.75. The molecule has 0 radical (unpaired) electrons. The van der Waals surface area contributed by atoms with Crippen molar-refractivity contribution in [2.24, 2.45) is 0 Å². The fourth-order valence-electron chi connectivity index (χ4n) is 1.66. The van der Waals surface area contributed by atoms with Crippen LogP contribution in [-0.4, -0.2) is 4.98 Å². The molecule has 2 aromatic carbocycles. The summed E-state index contributed by atoms with van der Waals surface area (Å²) in [5.74, 6) is 0.546. The normalized spacial score (nSPS) is 10.9. The number of nitrogens with zero attached hydrogens (tertiary/aromatic N) is 1. The van der Waals surface area contributed by atoms with Gasteiger partial charge in [0.05, 0.1) is 5.02 Å². The molecule has 0 saturated heterocycles. The first kappa shape index (κ1) is 10.6. The molecule has 0 saturated carbocycles. The zero-order valence-electron chi connectivity index (χ0n) is 8.65. The number of benzene rings is 2. The third-order valence-corrected chi connectivity index (χ3v) is 2.94. The van der Waals surface area contributed by atoms with E-state index in [2.05, 4.69) is 4.98 Å². The van der Waals surface area contributed by atoms with Gasteiger partial charge in [-0.2, -0.15) is 0 Å². The molecular formula is C13H7Cl2NO. The van der Waals surface area contributed by atoms with E-state index in [1.165, 1.54) is 0 Å². The zero-order chi connectivity index (χ0) is 11.8. The number of halogens is 2. The average Bonchev–Trinajstić information content (AvgIpc) is 2.74. The molecule has 2 nitrogen and oxygen atoms in total. The van der Waals surface area contributed by atoms with Crippen LogP contribution in [0.2, 0.25) is 10.0 Å². The Morgan fingerprint density at radius 3 is 2.53 bits per heavy atom. The van der Waals surface area contributed by atoms with Crippen LogP contribution < -0.4 is 0 Å². The molecule has 0 N–H and O–H groups in total. The molecule has 0 atom stereocenters. The first-order valence-electron chi connectivity index (χ1n) is 5.05. The fourth-order valence-corrected chi connectivity index (χ4v) is 2.18. The fraction of sp³-hybridized carbons (Fsp3) is 0. The molecule has 17 heavy (non-hydrogen) atoms. The third kappa shape index (κ3) is 1.90. The molecule has 0 bridgehead atoms. The van der Waals surface area contributed by atoms with Gasteiger partial charge < -0.3 is 4.42 Å². The lowest BCUT2D eigenvalue weighted by atomic mass is 10.2. The number of rotatable bonds is 1. The minimum absolute atomic E-state index is 0.499. The Bertz CT molecular complexity index is 676.